The highest BCUT2D eigenvalue weighted by atomic mass is 16.7. The highest BCUT2D eigenvalue weighted by Gasteiger charge is 2.68. The van der Waals surface area contributed by atoms with E-state index < -0.39 is 30.8 Å². The van der Waals surface area contributed by atoms with E-state index in [1.165, 1.54) is 25.7 Å². The van der Waals surface area contributed by atoms with Crippen LogP contribution in [0.4, 0.5) is 4.79 Å². The van der Waals surface area contributed by atoms with Crippen LogP contribution < -0.4 is 16.0 Å². The molecule has 4 aliphatic carbocycles. The normalized spacial score (nSPS) is 24.7. The number of fused-ring (bicyclic) bond motifs is 3. The number of hydrogen-bond donors (Lipinski definition) is 3. The largest absolute Gasteiger partial charge is 0.481 e. The Kier molecular flexibility index (Phi) is 12.6. The maximum Gasteiger partial charge on any atom is 0.481 e. The predicted molar refractivity (Wildman–Crippen MR) is 209 cm³/mol. The molecule has 0 aromatic heterocycles. The summed E-state index contributed by atoms with van der Waals surface area (Å²) in [6.07, 6.45) is 10.1. The van der Waals surface area contributed by atoms with Crippen LogP contribution in [0.15, 0.2) is 48.5 Å². The van der Waals surface area contributed by atoms with Gasteiger partial charge in [-0.25, -0.2) is 4.79 Å². The summed E-state index contributed by atoms with van der Waals surface area (Å²) in [7, 11) is -0.592. The molecular weight excluding hydrogens is 665 g/mol. The van der Waals surface area contributed by atoms with Gasteiger partial charge < -0.3 is 30.0 Å². The van der Waals surface area contributed by atoms with Gasteiger partial charge in [0.15, 0.2) is 0 Å². The van der Waals surface area contributed by atoms with Gasteiger partial charge in [-0.2, -0.15) is 0 Å². The van der Waals surface area contributed by atoms with E-state index in [1.54, 1.807) is 0 Å². The Morgan fingerprint density at radius 2 is 1.53 bits per heavy atom. The van der Waals surface area contributed by atoms with Crippen LogP contribution in [0.2, 0.25) is 0 Å². The van der Waals surface area contributed by atoms with E-state index in [0.29, 0.717) is 24.7 Å². The number of hydrogen-bond acceptors (Lipinski definition) is 6. The minimum absolute atomic E-state index is 0.0106. The third-order valence-corrected chi connectivity index (χ3v) is 12.8. The number of unbranched alkanes of at least 4 members (excludes halogenated alkanes) is 6. The molecule has 3 saturated carbocycles. The summed E-state index contributed by atoms with van der Waals surface area (Å²) in [5, 5.41) is 8.92. The van der Waals surface area contributed by atoms with Crippen molar-refractivity contribution in [3.8, 4) is 11.1 Å². The molecule has 2 aromatic rings. The van der Waals surface area contributed by atoms with Crippen molar-refractivity contribution in [1.29, 1.82) is 0 Å². The summed E-state index contributed by atoms with van der Waals surface area (Å²) < 4.78 is 19.2. The lowest BCUT2D eigenvalue weighted by Gasteiger charge is -2.64. The molecule has 7 rings (SSSR count). The van der Waals surface area contributed by atoms with Crippen LogP contribution in [0.3, 0.4) is 0 Å². The highest BCUT2D eigenvalue weighted by Crippen LogP contribution is 2.65. The summed E-state index contributed by atoms with van der Waals surface area (Å²) in [5.74, 6) is 0.200. The van der Waals surface area contributed by atoms with Crippen LogP contribution in [0.5, 0.6) is 0 Å². The van der Waals surface area contributed by atoms with Gasteiger partial charge in [-0.15, -0.1) is 0 Å². The standard InChI is InChI=1S/C43H62BN3O6/c1-7-8-9-10-11-12-13-22-39(48)46-35(26-45-41(50)51-27-34-32-20-16-14-18-30(32)31-19-15-17-21-33(31)34)40(49)47-38(23-28(2)3)44-52-37-25-29-24-36(42(29,4)5)43(37,6)53-44/h14-21,28-29,34-38H,7-13,22-27H2,1-6H3,(H,45,50)(H,46,48)(H,47,49)/t29-,35-,36-,37+,38-,43-/m0/s1. The van der Waals surface area contributed by atoms with Crippen molar-refractivity contribution in [3.05, 3.63) is 59.7 Å². The number of benzene rings is 2. The van der Waals surface area contributed by atoms with Gasteiger partial charge in [0, 0.05) is 12.3 Å². The van der Waals surface area contributed by atoms with Crippen LogP contribution in [0, 0.1) is 23.2 Å². The van der Waals surface area contributed by atoms with Gasteiger partial charge >= 0.3 is 13.2 Å². The fourth-order valence-corrected chi connectivity index (χ4v) is 9.65. The summed E-state index contributed by atoms with van der Waals surface area (Å²) in [5.41, 5.74) is 4.35. The molecule has 0 unspecified atom stereocenters. The first-order chi connectivity index (χ1) is 25.4. The van der Waals surface area contributed by atoms with Gasteiger partial charge in [0.25, 0.3) is 0 Å². The van der Waals surface area contributed by atoms with Gasteiger partial charge in [0.05, 0.1) is 24.2 Å². The van der Waals surface area contributed by atoms with Gasteiger partial charge in [-0.3, -0.25) is 9.59 Å². The molecule has 53 heavy (non-hydrogen) atoms. The lowest BCUT2D eigenvalue weighted by molar-refractivity contribution is -0.199. The summed E-state index contributed by atoms with van der Waals surface area (Å²) >= 11 is 0. The first kappa shape index (κ1) is 39.3. The van der Waals surface area contributed by atoms with Crippen LogP contribution in [0.1, 0.15) is 129 Å². The average molecular weight is 728 g/mol. The number of rotatable bonds is 18. The minimum Gasteiger partial charge on any atom is -0.449 e. The molecule has 6 atom stereocenters. The molecule has 288 valence electrons. The molecule has 1 saturated heterocycles. The van der Waals surface area contributed by atoms with Crippen molar-refractivity contribution >= 4 is 25.0 Å². The molecule has 1 aliphatic heterocycles. The third kappa shape index (κ3) is 8.64. The van der Waals surface area contributed by atoms with Crippen LogP contribution in [-0.4, -0.2) is 61.9 Å². The van der Waals surface area contributed by atoms with Crippen molar-refractivity contribution in [2.45, 2.75) is 142 Å². The number of carbonyl (C=O) groups is 3. The number of amides is 3. The molecule has 2 aromatic carbocycles. The number of nitrogens with one attached hydrogen (secondary N) is 3. The zero-order valence-corrected chi connectivity index (χ0v) is 32.9. The van der Waals surface area contributed by atoms with E-state index in [2.05, 4.69) is 81.8 Å². The Morgan fingerprint density at radius 3 is 2.17 bits per heavy atom. The molecule has 9 nitrogen and oxygen atoms in total. The Hall–Kier alpha value is -3.37. The number of alkyl carbamates (subject to hydrolysis) is 1. The first-order valence-corrected chi connectivity index (χ1v) is 20.4. The van der Waals surface area contributed by atoms with E-state index in [-0.39, 0.29) is 48.3 Å². The second kappa shape index (κ2) is 17.0. The Labute approximate surface area is 317 Å². The fourth-order valence-electron chi connectivity index (χ4n) is 9.65. The minimum atomic E-state index is -0.992. The monoisotopic (exact) mass is 727 g/mol. The van der Waals surface area contributed by atoms with E-state index in [4.69, 9.17) is 14.0 Å². The second-order valence-corrected chi connectivity index (χ2v) is 17.3. The van der Waals surface area contributed by atoms with Crippen LogP contribution in [0.25, 0.3) is 11.1 Å². The number of carbonyl (C=O) groups excluding carboxylic acids is 3. The lowest BCUT2D eigenvalue weighted by atomic mass is 9.43. The second-order valence-electron chi connectivity index (χ2n) is 17.3. The topological polar surface area (TPSA) is 115 Å². The van der Waals surface area contributed by atoms with Crippen molar-refractivity contribution in [1.82, 2.24) is 16.0 Å². The number of ether oxygens (including phenoxy) is 1. The van der Waals surface area contributed by atoms with E-state index >= 15 is 0 Å². The SMILES string of the molecule is CCCCCCCCCC(=O)N[C@@H](CNC(=O)OCC1c2ccccc2-c2ccccc21)C(=O)N[C@@H](CC(C)C)B1O[C@@H]2C[C@@H]3C[C@@H](C3(C)C)[C@]2(C)O1. The Balaban J connectivity index is 1.09. The molecule has 3 amide bonds. The average Bonchev–Trinajstić information content (AvgIpc) is 3.66. The molecule has 10 heteroatoms. The lowest BCUT2D eigenvalue weighted by Crippen LogP contribution is -2.65. The van der Waals surface area contributed by atoms with E-state index in [1.807, 2.05) is 24.3 Å². The highest BCUT2D eigenvalue weighted by molar-refractivity contribution is 6.48. The van der Waals surface area contributed by atoms with Crippen molar-refractivity contribution < 1.29 is 28.4 Å². The van der Waals surface area contributed by atoms with E-state index in [9.17, 15) is 14.4 Å². The Bertz CT molecular complexity index is 1550. The van der Waals surface area contributed by atoms with Gasteiger partial charge in [-0.1, -0.05) is 122 Å². The Morgan fingerprint density at radius 1 is 0.887 bits per heavy atom. The van der Waals surface area contributed by atoms with Crippen molar-refractivity contribution in [2.75, 3.05) is 13.2 Å². The van der Waals surface area contributed by atoms with Crippen LogP contribution >= 0.6 is 0 Å². The first-order valence-electron chi connectivity index (χ1n) is 20.4. The third-order valence-electron chi connectivity index (χ3n) is 12.8. The molecule has 5 aliphatic rings. The van der Waals surface area contributed by atoms with Crippen LogP contribution in [-0.2, 0) is 23.6 Å². The zero-order valence-electron chi connectivity index (χ0n) is 32.9. The van der Waals surface area contributed by atoms with E-state index in [0.717, 1.165) is 54.4 Å². The van der Waals surface area contributed by atoms with Gasteiger partial charge in [0.1, 0.15) is 12.6 Å². The molecule has 0 spiro atoms. The van der Waals surface area contributed by atoms with Gasteiger partial charge in [-0.05, 0) is 78.0 Å². The molecule has 0 radical (unpaired) electrons. The maximum absolute atomic E-state index is 14.1. The summed E-state index contributed by atoms with van der Waals surface area (Å²) in [6.45, 7) is 13.3. The quantitative estimate of drug-likeness (QED) is 0.106. The van der Waals surface area contributed by atoms with Crippen molar-refractivity contribution in [2.24, 2.45) is 23.2 Å². The molecule has 3 N–H and O–H groups in total. The fraction of sp³-hybridized carbons (Fsp3) is 0.651. The maximum atomic E-state index is 14.1. The zero-order chi connectivity index (χ0) is 37.8. The molecule has 1 heterocycles. The molecule has 2 bridgehead atoms. The van der Waals surface area contributed by atoms with Gasteiger partial charge in [0.2, 0.25) is 11.8 Å². The summed E-state index contributed by atoms with van der Waals surface area (Å²) in [4.78, 5) is 40.5. The molecular formula is C43H62BN3O6. The molecule has 4 fully saturated rings. The van der Waals surface area contributed by atoms with Crippen molar-refractivity contribution in [3.63, 3.8) is 0 Å². The summed E-state index contributed by atoms with van der Waals surface area (Å²) in [6, 6.07) is 15.4. The predicted octanol–water partition coefficient (Wildman–Crippen LogP) is 7.95. The smallest absolute Gasteiger partial charge is 0.449 e.